The van der Waals surface area contributed by atoms with Crippen molar-refractivity contribution >= 4 is 11.6 Å². The quantitative estimate of drug-likeness (QED) is 0.623. The zero-order valence-corrected chi connectivity index (χ0v) is 14.5. The van der Waals surface area contributed by atoms with E-state index in [1.807, 2.05) is 12.1 Å². The van der Waals surface area contributed by atoms with E-state index >= 15 is 0 Å². The summed E-state index contributed by atoms with van der Waals surface area (Å²) in [5.41, 5.74) is 1.98. The molecule has 0 N–H and O–H groups in total. The van der Waals surface area contributed by atoms with Gasteiger partial charge in [0.05, 0.1) is 4.92 Å². The number of halogens is 1. The Morgan fingerprint density at radius 2 is 1.85 bits per heavy atom. The molecule has 0 atom stereocenters. The lowest BCUT2D eigenvalue weighted by atomic mass is 10.1. The van der Waals surface area contributed by atoms with Crippen LogP contribution in [0.15, 0.2) is 42.5 Å². The number of hydrogen-bond donors (Lipinski definition) is 0. The molecule has 0 bridgehead atoms. The highest BCUT2D eigenvalue weighted by Crippen LogP contribution is 2.20. The van der Waals surface area contributed by atoms with Crippen molar-refractivity contribution in [1.29, 1.82) is 0 Å². The number of carbonyl (C=O) groups excluding carboxylic acids is 1. The van der Waals surface area contributed by atoms with Crippen LogP contribution in [0.25, 0.3) is 0 Å². The zero-order valence-electron chi connectivity index (χ0n) is 14.5. The Morgan fingerprint density at radius 1 is 1.15 bits per heavy atom. The molecule has 136 valence electrons. The van der Waals surface area contributed by atoms with Crippen LogP contribution in [-0.2, 0) is 6.54 Å². The number of amides is 1. The van der Waals surface area contributed by atoms with Crippen LogP contribution in [0.5, 0.6) is 0 Å². The second kappa shape index (κ2) is 7.61. The summed E-state index contributed by atoms with van der Waals surface area (Å²) >= 11 is 0. The van der Waals surface area contributed by atoms with Crippen molar-refractivity contribution < 1.29 is 14.1 Å². The fourth-order valence-corrected chi connectivity index (χ4v) is 3.11. The van der Waals surface area contributed by atoms with E-state index < -0.39 is 16.4 Å². The Labute approximate surface area is 151 Å². The third kappa shape index (κ3) is 3.88. The molecule has 3 rings (SSSR count). The first kappa shape index (κ1) is 18.0. The molecule has 1 amide bonds. The highest BCUT2D eigenvalue weighted by Gasteiger charge is 2.24. The molecule has 1 heterocycles. The first-order valence-corrected chi connectivity index (χ1v) is 8.46. The van der Waals surface area contributed by atoms with Crippen molar-refractivity contribution in [1.82, 2.24) is 9.80 Å². The van der Waals surface area contributed by atoms with Crippen molar-refractivity contribution in [2.45, 2.75) is 13.5 Å². The van der Waals surface area contributed by atoms with Gasteiger partial charge in [0.25, 0.3) is 5.91 Å². The van der Waals surface area contributed by atoms with Crippen LogP contribution in [-0.4, -0.2) is 46.8 Å². The third-order valence-electron chi connectivity index (χ3n) is 4.70. The average Bonchev–Trinajstić information content (AvgIpc) is 2.64. The van der Waals surface area contributed by atoms with Crippen LogP contribution in [0.3, 0.4) is 0 Å². The van der Waals surface area contributed by atoms with Gasteiger partial charge in [0.1, 0.15) is 0 Å². The lowest BCUT2D eigenvalue weighted by Gasteiger charge is -2.35. The number of nitro groups is 1. The van der Waals surface area contributed by atoms with Gasteiger partial charge in [0.15, 0.2) is 0 Å². The van der Waals surface area contributed by atoms with Crippen molar-refractivity contribution in [3.05, 3.63) is 75.1 Å². The zero-order chi connectivity index (χ0) is 18.7. The summed E-state index contributed by atoms with van der Waals surface area (Å²) in [6.45, 7) is 5.44. The minimum absolute atomic E-state index is 0.144. The second-order valence-corrected chi connectivity index (χ2v) is 6.42. The summed E-state index contributed by atoms with van der Waals surface area (Å²) < 4.78 is 13.4. The minimum atomic E-state index is -0.936. The standard InChI is InChI=1S/C19H20FN3O3/c1-14-4-2-3-5-16(14)13-21-8-10-22(11-9-21)19(24)15-6-7-17(20)18(12-15)23(25)26/h2-7,12H,8-11,13H2,1H3. The normalized spacial score (nSPS) is 15.1. The molecule has 0 aliphatic carbocycles. The monoisotopic (exact) mass is 357 g/mol. The first-order valence-electron chi connectivity index (χ1n) is 8.46. The number of nitro benzene ring substituents is 1. The van der Waals surface area contributed by atoms with E-state index in [-0.39, 0.29) is 11.5 Å². The van der Waals surface area contributed by atoms with E-state index in [1.165, 1.54) is 17.2 Å². The van der Waals surface area contributed by atoms with Crippen molar-refractivity contribution in [3.63, 3.8) is 0 Å². The van der Waals surface area contributed by atoms with Gasteiger partial charge in [0, 0.05) is 44.4 Å². The number of piperazine rings is 1. The van der Waals surface area contributed by atoms with Gasteiger partial charge in [-0.15, -0.1) is 0 Å². The smallest absolute Gasteiger partial charge is 0.305 e. The molecule has 2 aromatic rings. The Bertz CT molecular complexity index is 833. The van der Waals surface area contributed by atoms with Gasteiger partial charge < -0.3 is 4.90 Å². The Morgan fingerprint density at radius 3 is 2.50 bits per heavy atom. The third-order valence-corrected chi connectivity index (χ3v) is 4.70. The molecule has 0 saturated carbocycles. The number of hydrogen-bond acceptors (Lipinski definition) is 4. The van der Waals surface area contributed by atoms with Crippen molar-refractivity contribution in [2.75, 3.05) is 26.2 Å². The highest BCUT2D eigenvalue weighted by atomic mass is 19.1. The summed E-state index contributed by atoms with van der Waals surface area (Å²) in [5, 5.41) is 10.9. The molecule has 7 heteroatoms. The van der Waals surface area contributed by atoms with Crippen LogP contribution >= 0.6 is 0 Å². The maximum Gasteiger partial charge on any atom is 0.305 e. The fourth-order valence-electron chi connectivity index (χ4n) is 3.11. The molecule has 1 fully saturated rings. The van der Waals surface area contributed by atoms with E-state index in [4.69, 9.17) is 0 Å². The molecule has 0 radical (unpaired) electrons. The molecule has 26 heavy (non-hydrogen) atoms. The number of rotatable bonds is 4. The van der Waals surface area contributed by atoms with Crippen LogP contribution in [0, 0.1) is 22.9 Å². The Kier molecular flexibility index (Phi) is 5.27. The first-order chi connectivity index (χ1) is 12.5. The van der Waals surface area contributed by atoms with Crippen molar-refractivity contribution in [2.24, 2.45) is 0 Å². The molecule has 0 unspecified atom stereocenters. The molecule has 1 saturated heterocycles. The molecule has 0 aromatic heterocycles. The van der Waals surface area contributed by atoms with Crippen LogP contribution < -0.4 is 0 Å². The highest BCUT2D eigenvalue weighted by molar-refractivity contribution is 5.95. The van der Waals surface area contributed by atoms with Crippen LogP contribution in [0.4, 0.5) is 10.1 Å². The predicted molar refractivity (Wildman–Crippen MR) is 95.4 cm³/mol. The molecule has 1 aliphatic rings. The van der Waals surface area contributed by atoms with Gasteiger partial charge in [-0.1, -0.05) is 24.3 Å². The van der Waals surface area contributed by atoms with E-state index in [0.29, 0.717) is 13.1 Å². The summed E-state index contributed by atoms with van der Waals surface area (Å²) in [5.74, 6) is -1.24. The average molecular weight is 357 g/mol. The Hall–Kier alpha value is -2.80. The topological polar surface area (TPSA) is 66.7 Å². The fraction of sp³-hybridized carbons (Fsp3) is 0.316. The van der Waals surface area contributed by atoms with E-state index in [9.17, 15) is 19.3 Å². The van der Waals surface area contributed by atoms with E-state index in [0.717, 1.165) is 31.8 Å². The van der Waals surface area contributed by atoms with E-state index in [2.05, 4.69) is 24.0 Å². The largest absolute Gasteiger partial charge is 0.336 e. The van der Waals surface area contributed by atoms with Gasteiger partial charge in [-0.2, -0.15) is 4.39 Å². The summed E-state index contributed by atoms with van der Waals surface area (Å²) in [4.78, 5) is 26.5. The number of nitrogens with zero attached hydrogens (tertiary/aromatic N) is 3. The molecular weight excluding hydrogens is 337 g/mol. The number of benzene rings is 2. The lowest BCUT2D eigenvalue weighted by molar-refractivity contribution is -0.387. The predicted octanol–water partition coefficient (Wildman–Crippen LogP) is 3.00. The summed E-state index contributed by atoms with van der Waals surface area (Å²) in [6, 6.07) is 11.5. The number of carbonyl (C=O) groups is 1. The van der Waals surface area contributed by atoms with Gasteiger partial charge >= 0.3 is 5.69 Å². The lowest BCUT2D eigenvalue weighted by Crippen LogP contribution is -2.48. The molecular formula is C19H20FN3O3. The molecule has 0 spiro atoms. The van der Waals surface area contributed by atoms with Gasteiger partial charge in [-0.25, -0.2) is 0 Å². The van der Waals surface area contributed by atoms with Gasteiger partial charge in [-0.3, -0.25) is 19.8 Å². The second-order valence-electron chi connectivity index (χ2n) is 6.42. The molecule has 2 aromatic carbocycles. The van der Waals surface area contributed by atoms with Crippen LogP contribution in [0.2, 0.25) is 0 Å². The summed E-state index contributed by atoms with van der Waals surface area (Å²) in [7, 11) is 0. The van der Waals surface area contributed by atoms with Crippen LogP contribution in [0.1, 0.15) is 21.5 Å². The summed E-state index contributed by atoms with van der Waals surface area (Å²) in [6.07, 6.45) is 0. The van der Waals surface area contributed by atoms with E-state index in [1.54, 1.807) is 4.90 Å². The number of aryl methyl sites for hydroxylation is 1. The Balaban J connectivity index is 1.63. The maximum atomic E-state index is 13.4. The maximum absolute atomic E-state index is 13.4. The SMILES string of the molecule is Cc1ccccc1CN1CCN(C(=O)c2ccc(F)c([N+](=O)[O-])c2)CC1. The minimum Gasteiger partial charge on any atom is -0.336 e. The molecule has 1 aliphatic heterocycles. The molecule has 6 nitrogen and oxygen atoms in total. The van der Waals surface area contributed by atoms with Gasteiger partial charge in [0.2, 0.25) is 5.82 Å². The van der Waals surface area contributed by atoms with Crippen molar-refractivity contribution in [3.8, 4) is 0 Å². The van der Waals surface area contributed by atoms with Gasteiger partial charge in [-0.05, 0) is 30.2 Å².